The van der Waals surface area contributed by atoms with Crippen molar-refractivity contribution < 1.29 is 28.9 Å². The number of rotatable bonds is 4. The molecule has 12 atom stereocenters. The van der Waals surface area contributed by atoms with Gasteiger partial charge in [-0.1, -0.05) is 34.6 Å². The van der Waals surface area contributed by atoms with Gasteiger partial charge in [-0.3, -0.25) is 4.79 Å². The molecule has 1 heterocycles. The maximum Gasteiger partial charge on any atom is 0.404 e. The Morgan fingerprint density at radius 2 is 1.71 bits per heavy atom. The van der Waals surface area contributed by atoms with Crippen LogP contribution in [0.25, 0.3) is 0 Å². The maximum absolute atomic E-state index is 12.2. The van der Waals surface area contributed by atoms with Gasteiger partial charge in [0, 0.05) is 17.3 Å². The number of aliphatic hydroxyl groups is 1. The van der Waals surface area contributed by atoms with Gasteiger partial charge in [0.05, 0.1) is 25.4 Å². The Morgan fingerprint density at radius 3 is 2.39 bits per heavy atom. The first-order valence-electron chi connectivity index (χ1n) is 15.1. The van der Waals surface area contributed by atoms with Crippen LogP contribution in [0.2, 0.25) is 0 Å². The van der Waals surface area contributed by atoms with Crippen molar-refractivity contribution >= 4 is 12.1 Å². The number of primary amides is 1. The number of methoxy groups -OCH3 is 1. The van der Waals surface area contributed by atoms with E-state index in [4.69, 9.17) is 19.9 Å². The zero-order valence-corrected chi connectivity index (χ0v) is 24.3. The first-order chi connectivity index (χ1) is 17.8. The molecule has 8 unspecified atom stereocenters. The van der Waals surface area contributed by atoms with Crippen LogP contribution < -0.4 is 5.73 Å². The monoisotopic (exact) mass is 531 g/mol. The lowest BCUT2D eigenvalue weighted by atomic mass is 9.41. The molecule has 214 valence electrons. The molecule has 0 aromatic rings. The Balaban J connectivity index is 1.29. The molecule has 6 rings (SSSR count). The quantitative estimate of drug-likeness (QED) is 0.482. The van der Waals surface area contributed by atoms with Gasteiger partial charge >= 0.3 is 12.1 Å². The van der Waals surface area contributed by atoms with Gasteiger partial charge in [-0.05, 0) is 97.7 Å². The summed E-state index contributed by atoms with van der Waals surface area (Å²) in [5.74, 6) is 1.56. The summed E-state index contributed by atoms with van der Waals surface area (Å²) in [6.45, 7) is 11.8. The lowest BCUT2D eigenvalue weighted by molar-refractivity contribution is -0.182. The number of esters is 1. The second-order valence-corrected chi connectivity index (χ2v) is 15.2. The minimum absolute atomic E-state index is 0.00866. The van der Waals surface area contributed by atoms with E-state index in [-0.39, 0.29) is 51.4 Å². The number of hydrogen-bond donors (Lipinski definition) is 2. The molecule has 38 heavy (non-hydrogen) atoms. The minimum Gasteiger partial charge on any atom is -0.469 e. The highest BCUT2D eigenvalue weighted by atomic mass is 16.6. The van der Waals surface area contributed by atoms with Crippen molar-refractivity contribution in [3.8, 4) is 0 Å². The fraction of sp³-hybridized carbons (Fsp3) is 0.935. The predicted octanol–water partition coefficient (Wildman–Crippen LogP) is 5.22. The first kappa shape index (κ1) is 26.9. The number of nitrogens with two attached hydrogens (primary N) is 1. The fourth-order valence-electron chi connectivity index (χ4n) is 12.3. The van der Waals surface area contributed by atoms with Crippen molar-refractivity contribution in [3.05, 3.63) is 0 Å². The van der Waals surface area contributed by atoms with Crippen LogP contribution in [0, 0.1) is 50.7 Å². The molecule has 3 N–H and O–H groups in total. The number of ether oxygens (including phenoxy) is 3. The van der Waals surface area contributed by atoms with Crippen molar-refractivity contribution in [2.75, 3.05) is 7.11 Å². The summed E-state index contributed by atoms with van der Waals surface area (Å²) in [7, 11) is 1.43. The van der Waals surface area contributed by atoms with Crippen LogP contribution in [0.15, 0.2) is 0 Å². The summed E-state index contributed by atoms with van der Waals surface area (Å²) >= 11 is 0. The van der Waals surface area contributed by atoms with E-state index in [1.165, 1.54) is 20.0 Å². The lowest BCUT2D eigenvalue weighted by Gasteiger charge is -2.63. The molecular weight excluding hydrogens is 482 g/mol. The maximum atomic E-state index is 12.2. The predicted molar refractivity (Wildman–Crippen MR) is 142 cm³/mol. The van der Waals surface area contributed by atoms with Crippen molar-refractivity contribution in [2.24, 2.45) is 56.5 Å². The van der Waals surface area contributed by atoms with Crippen LogP contribution in [0.1, 0.15) is 98.8 Å². The van der Waals surface area contributed by atoms with Gasteiger partial charge in [0.25, 0.3) is 0 Å². The summed E-state index contributed by atoms with van der Waals surface area (Å²) in [5, 5.41) is 12.2. The number of hydrogen-bond acceptors (Lipinski definition) is 6. The molecule has 2 spiro atoms. The van der Waals surface area contributed by atoms with Gasteiger partial charge in [-0.25, -0.2) is 4.79 Å². The van der Waals surface area contributed by atoms with E-state index in [2.05, 4.69) is 34.6 Å². The van der Waals surface area contributed by atoms with E-state index >= 15 is 0 Å². The largest absolute Gasteiger partial charge is 0.469 e. The van der Waals surface area contributed by atoms with E-state index < -0.39 is 12.2 Å². The van der Waals surface area contributed by atoms with Gasteiger partial charge in [0.2, 0.25) is 0 Å². The summed E-state index contributed by atoms with van der Waals surface area (Å²) < 4.78 is 17.2. The first-order valence-corrected chi connectivity index (χ1v) is 15.1. The van der Waals surface area contributed by atoms with Crippen molar-refractivity contribution in [1.29, 1.82) is 0 Å². The van der Waals surface area contributed by atoms with Crippen LogP contribution in [-0.4, -0.2) is 48.7 Å². The Hall–Kier alpha value is -1.34. The number of amides is 1. The topological polar surface area (TPSA) is 108 Å². The molecule has 1 amide bonds. The molecule has 0 bridgehead atoms. The standard InChI is InChI=1S/C31H49NO6/c1-17-15-18(7-10-22(33)36-6)37-24-23(17)28(4)13-14-31-16-30(31)12-11-21(38-26(32)35)27(2,3)19(30)8-9-20(31)29(28,5)25(24)34/h17-21,23-25,34H,7-16H2,1-6H3,(H2,32,35)/t17-,18?,19+,20?,21?,23?,24?,25+,28?,29-,30?,31?/m1/s1. The zero-order chi connectivity index (χ0) is 27.5. The molecule has 7 nitrogen and oxygen atoms in total. The van der Waals surface area contributed by atoms with Gasteiger partial charge in [-0.15, -0.1) is 0 Å². The molecule has 6 aliphatic rings. The van der Waals surface area contributed by atoms with E-state index in [1.54, 1.807) is 0 Å². The third-order valence-corrected chi connectivity index (χ3v) is 14.0. The molecule has 0 aromatic carbocycles. The number of carbonyl (C=O) groups excluding carboxylic acids is 2. The van der Waals surface area contributed by atoms with Crippen LogP contribution in [0.4, 0.5) is 4.79 Å². The summed E-state index contributed by atoms with van der Waals surface area (Å²) in [6, 6.07) is 0. The molecule has 6 fully saturated rings. The lowest BCUT2D eigenvalue weighted by Crippen LogP contribution is -2.60. The van der Waals surface area contributed by atoms with Crippen molar-refractivity contribution in [1.82, 2.24) is 0 Å². The van der Waals surface area contributed by atoms with Crippen LogP contribution in [0.5, 0.6) is 0 Å². The van der Waals surface area contributed by atoms with Crippen LogP contribution >= 0.6 is 0 Å². The third kappa shape index (κ3) is 3.15. The van der Waals surface area contributed by atoms with Gasteiger partial charge in [-0.2, -0.15) is 0 Å². The Bertz CT molecular complexity index is 1010. The van der Waals surface area contributed by atoms with Gasteiger partial charge in [0.15, 0.2) is 0 Å². The summed E-state index contributed by atoms with van der Waals surface area (Å²) in [6.07, 6.45) is 8.30. The van der Waals surface area contributed by atoms with E-state index in [9.17, 15) is 14.7 Å². The minimum atomic E-state index is -0.658. The molecule has 0 aromatic heterocycles. The summed E-state index contributed by atoms with van der Waals surface area (Å²) in [5.41, 5.74) is 5.73. The molecule has 7 heteroatoms. The Kier molecular flexibility index (Phi) is 5.90. The highest BCUT2D eigenvalue weighted by molar-refractivity contribution is 5.69. The number of fused-ring (bicyclic) bond motifs is 4. The molecule has 5 aliphatic carbocycles. The number of carbonyl (C=O) groups is 2. The SMILES string of the molecule is COC(=O)CCC1C[C@@H](C)C2C(O1)[C@H](O)[C@@]1(C)C3CC[C@H]4C(C)(C)C(OC(N)=O)CCC45CC35CCC21C. The van der Waals surface area contributed by atoms with E-state index in [1.807, 2.05) is 0 Å². The van der Waals surface area contributed by atoms with E-state index in [0.717, 1.165) is 38.5 Å². The highest BCUT2D eigenvalue weighted by Crippen LogP contribution is 2.89. The molecule has 5 saturated carbocycles. The van der Waals surface area contributed by atoms with Crippen LogP contribution in [0.3, 0.4) is 0 Å². The molecular formula is C31H49NO6. The molecule has 1 aliphatic heterocycles. The van der Waals surface area contributed by atoms with Crippen molar-refractivity contribution in [3.63, 3.8) is 0 Å². The summed E-state index contributed by atoms with van der Waals surface area (Å²) in [4.78, 5) is 23.5. The second-order valence-electron chi connectivity index (χ2n) is 15.2. The molecule has 0 radical (unpaired) electrons. The Morgan fingerprint density at radius 1 is 1.03 bits per heavy atom. The Labute approximate surface area is 227 Å². The smallest absolute Gasteiger partial charge is 0.404 e. The number of aliphatic hydroxyl groups excluding tert-OH is 1. The third-order valence-electron chi connectivity index (χ3n) is 14.0. The second kappa shape index (κ2) is 8.34. The normalized spacial score (nSPS) is 53.9. The zero-order valence-electron chi connectivity index (χ0n) is 24.3. The average Bonchev–Trinajstić information content (AvgIpc) is 3.49. The van der Waals surface area contributed by atoms with E-state index in [0.29, 0.717) is 36.5 Å². The fourth-order valence-corrected chi connectivity index (χ4v) is 12.3. The van der Waals surface area contributed by atoms with Crippen molar-refractivity contribution in [2.45, 2.75) is 123 Å². The van der Waals surface area contributed by atoms with Crippen LogP contribution in [-0.2, 0) is 19.0 Å². The molecule has 1 saturated heterocycles. The van der Waals surface area contributed by atoms with Gasteiger partial charge < -0.3 is 25.1 Å². The highest BCUT2D eigenvalue weighted by Gasteiger charge is 2.84. The van der Waals surface area contributed by atoms with Gasteiger partial charge in [0.1, 0.15) is 6.10 Å². The average molecular weight is 532 g/mol.